The predicted octanol–water partition coefficient (Wildman–Crippen LogP) is 4.35. The fraction of sp³-hybridized carbons (Fsp3) is 0.0833. The average Bonchev–Trinajstić information content (AvgIpc) is 3.05. The molecule has 0 bridgehead atoms. The Bertz CT molecular complexity index is 1240. The van der Waals surface area contributed by atoms with Crippen molar-refractivity contribution >= 4 is 51.0 Å². The smallest absolute Gasteiger partial charge is 0.338 e. The number of esters is 1. The predicted molar refractivity (Wildman–Crippen MR) is 122 cm³/mol. The minimum Gasteiger partial charge on any atom is -0.452 e. The molecule has 1 aliphatic rings. The molecule has 8 heteroatoms. The normalized spacial score (nSPS) is 12.5. The number of rotatable bonds is 5. The van der Waals surface area contributed by atoms with E-state index in [4.69, 9.17) is 4.74 Å². The Morgan fingerprint density at radius 2 is 1.62 bits per heavy atom. The minimum atomic E-state index is -0.745. The number of fused-ring (bicyclic) bond motifs is 1. The molecule has 0 unspecified atom stereocenters. The average molecular weight is 493 g/mol. The quantitative estimate of drug-likeness (QED) is 0.422. The van der Waals surface area contributed by atoms with Gasteiger partial charge in [0.05, 0.1) is 22.4 Å². The molecule has 1 heterocycles. The number of benzene rings is 3. The third kappa shape index (κ3) is 4.17. The second kappa shape index (κ2) is 8.76. The lowest BCUT2D eigenvalue weighted by molar-refractivity contribution is -0.119. The van der Waals surface area contributed by atoms with E-state index in [9.17, 15) is 19.2 Å². The van der Waals surface area contributed by atoms with Gasteiger partial charge in [0, 0.05) is 10.2 Å². The number of imide groups is 1. The van der Waals surface area contributed by atoms with E-state index < -0.39 is 30.3 Å². The Hall–Kier alpha value is -3.78. The first-order valence-corrected chi connectivity index (χ1v) is 10.5. The summed E-state index contributed by atoms with van der Waals surface area (Å²) >= 11 is 3.39. The molecule has 4 rings (SSSR count). The van der Waals surface area contributed by atoms with Gasteiger partial charge in [-0.05, 0) is 61.0 Å². The maximum absolute atomic E-state index is 12.7. The van der Waals surface area contributed by atoms with E-state index in [0.717, 1.165) is 14.9 Å². The first-order valence-electron chi connectivity index (χ1n) is 9.66. The fourth-order valence-electron chi connectivity index (χ4n) is 3.33. The van der Waals surface area contributed by atoms with Crippen LogP contribution in [0.25, 0.3) is 0 Å². The molecule has 0 saturated heterocycles. The third-order valence-electron chi connectivity index (χ3n) is 4.91. The van der Waals surface area contributed by atoms with Crippen LogP contribution >= 0.6 is 15.9 Å². The lowest BCUT2D eigenvalue weighted by Crippen LogP contribution is -2.29. The summed E-state index contributed by atoms with van der Waals surface area (Å²) in [7, 11) is 0. The van der Waals surface area contributed by atoms with E-state index in [0.29, 0.717) is 16.8 Å². The SMILES string of the molecule is Cc1cc(NC(=O)COC(=O)c2cccc(N3C(=O)c4ccccc4C3=O)c2)ccc1Br. The van der Waals surface area contributed by atoms with Gasteiger partial charge in [0.2, 0.25) is 0 Å². The van der Waals surface area contributed by atoms with E-state index in [-0.39, 0.29) is 11.3 Å². The summed E-state index contributed by atoms with van der Waals surface area (Å²) in [5.74, 6) is -2.15. The highest BCUT2D eigenvalue weighted by Gasteiger charge is 2.36. The van der Waals surface area contributed by atoms with Gasteiger partial charge in [0.25, 0.3) is 17.7 Å². The molecule has 32 heavy (non-hydrogen) atoms. The second-order valence-electron chi connectivity index (χ2n) is 7.13. The van der Waals surface area contributed by atoms with Crippen LogP contribution < -0.4 is 10.2 Å². The van der Waals surface area contributed by atoms with Crippen molar-refractivity contribution in [1.29, 1.82) is 0 Å². The standard InChI is InChI=1S/C24H17BrN2O5/c1-14-11-16(9-10-20(14)25)26-21(28)13-32-24(31)15-5-4-6-17(12-15)27-22(29)18-7-2-3-8-19(18)23(27)30/h2-12H,13H2,1H3,(H,26,28). The summed E-state index contributed by atoms with van der Waals surface area (Å²) < 4.78 is 6.02. The van der Waals surface area contributed by atoms with E-state index >= 15 is 0 Å². The molecule has 0 aromatic heterocycles. The maximum atomic E-state index is 12.7. The molecule has 0 fully saturated rings. The van der Waals surface area contributed by atoms with Crippen LogP contribution in [0.2, 0.25) is 0 Å². The van der Waals surface area contributed by atoms with Gasteiger partial charge in [-0.3, -0.25) is 14.4 Å². The number of carbonyl (C=O) groups is 4. The molecule has 0 radical (unpaired) electrons. The first-order chi connectivity index (χ1) is 15.3. The monoisotopic (exact) mass is 492 g/mol. The van der Waals surface area contributed by atoms with E-state index in [2.05, 4.69) is 21.2 Å². The molecule has 3 amide bonds. The lowest BCUT2D eigenvalue weighted by atomic mass is 10.1. The van der Waals surface area contributed by atoms with Gasteiger partial charge < -0.3 is 10.1 Å². The van der Waals surface area contributed by atoms with Crippen LogP contribution in [0.15, 0.2) is 71.2 Å². The molecule has 0 spiro atoms. The first kappa shape index (κ1) is 21.5. The van der Waals surface area contributed by atoms with E-state index in [1.807, 2.05) is 13.0 Å². The largest absolute Gasteiger partial charge is 0.452 e. The molecule has 160 valence electrons. The van der Waals surface area contributed by atoms with Gasteiger partial charge in [-0.1, -0.05) is 34.1 Å². The summed E-state index contributed by atoms with van der Waals surface area (Å²) in [4.78, 5) is 50.9. The zero-order valence-corrected chi connectivity index (χ0v) is 18.5. The lowest BCUT2D eigenvalue weighted by Gasteiger charge is -2.15. The molecule has 7 nitrogen and oxygen atoms in total. The van der Waals surface area contributed by atoms with Crippen molar-refractivity contribution in [1.82, 2.24) is 0 Å². The van der Waals surface area contributed by atoms with Crippen LogP contribution in [0.1, 0.15) is 36.6 Å². The van der Waals surface area contributed by atoms with Gasteiger partial charge in [-0.25, -0.2) is 9.69 Å². The molecule has 3 aromatic rings. The highest BCUT2D eigenvalue weighted by Crippen LogP contribution is 2.29. The molecule has 0 atom stereocenters. The molecule has 3 aromatic carbocycles. The Morgan fingerprint density at radius 3 is 2.28 bits per heavy atom. The van der Waals surface area contributed by atoms with Gasteiger partial charge >= 0.3 is 5.97 Å². The summed E-state index contributed by atoms with van der Waals surface area (Å²) in [5, 5.41) is 2.66. The molecule has 1 N–H and O–H groups in total. The summed E-state index contributed by atoms with van der Waals surface area (Å²) in [6.07, 6.45) is 0. The van der Waals surface area contributed by atoms with Crippen molar-refractivity contribution < 1.29 is 23.9 Å². The third-order valence-corrected chi connectivity index (χ3v) is 5.80. The van der Waals surface area contributed by atoms with Gasteiger partial charge in [0.1, 0.15) is 0 Å². The minimum absolute atomic E-state index is 0.117. The van der Waals surface area contributed by atoms with Crippen LogP contribution in [0.3, 0.4) is 0 Å². The second-order valence-corrected chi connectivity index (χ2v) is 7.98. The number of amides is 3. The van der Waals surface area contributed by atoms with Crippen molar-refractivity contribution in [2.24, 2.45) is 0 Å². The molecular weight excluding hydrogens is 476 g/mol. The van der Waals surface area contributed by atoms with Crippen LogP contribution in [-0.4, -0.2) is 30.3 Å². The van der Waals surface area contributed by atoms with Crippen molar-refractivity contribution in [2.45, 2.75) is 6.92 Å². The molecule has 0 saturated carbocycles. The highest BCUT2D eigenvalue weighted by atomic mass is 79.9. The Balaban J connectivity index is 1.43. The molecule has 1 aliphatic heterocycles. The van der Waals surface area contributed by atoms with Crippen LogP contribution in [0, 0.1) is 6.92 Å². The Kier molecular flexibility index (Phi) is 5.87. The number of hydrogen-bond acceptors (Lipinski definition) is 5. The van der Waals surface area contributed by atoms with E-state index in [1.165, 1.54) is 12.1 Å². The van der Waals surface area contributed by atoms with Crippen LogP contribution in [0.5, 0.6) is 0 Å². The number of anilines is 2. The number of nitrogens with zero attached hydrogens (tertiary/aromatic N) is 1. The Morgan fingerprint density at radius 1 is 0.938 bits per heavy atom. The van der Waals surface area contributed by atoms with Gasteiger partial charge in [-0.15, -0.1) is 0 Å². The van der Waals surface area contributed by atoms with E-state index in [1.54, 1.807) is 48.5 Å². The molecular formula is C24H17BrN2O5. The van der Waals surface area contributed by atoms with Gasteiger partial charge in [-0.2, -0.15) is 0 Å². The van der Waals surface area contributed by atoms with Crippen LogP contribution in [0.4, 0.5) is 11.4 Å². The fourth-order valence-corrected chi connectivity index (χ4v) is 3.58. The number of ether oxygens (including phenoxy) is 1. The van der Waals surface area contributed by atoms with Crippen molar-refractivity contribution in [3.63, 3.8) is 0 Å². The summed E-state index contributed by atoms with van der Waals surface area (Å²) in [6, 6.07) is 17.8. The topological polar surface area (TPSA) is 92.8 Å². The van der Waals surface area contributed by atoms with Crippen molar-refractivity contribution in [3.05, 3.63) is 93.5 Å². The van der Waals surface area contributed by atoms with Gasteiger partial charge in [0.15, 0.2) is 6.61 Å². The summed E-state index contributed by atoms with van der Waals surface area (Å²) in [6.45, 7) is 1.41. The number of nitrogens with one attached hydrogen (secondary N) is 1. The van der Waals surface area contributed by atoms with Crippen molar-refractivity contribution in [3.8, 4) is 0 Å². The number of halogens is 1. The summed E-state index contributed by atoms with van der Waals surface area (Å²) in [5.41, 5.74) is 2.52. The maximum Gasteiger partial charge on any atom is 0.338 e. The Labute approximate surface area is 192 Å². The van der Waals surface area contributed by atoms with Crippen molar-refractivity contribution in [2.75, 3.05) is 16.8 Å². The number of hydrogen-bond donors (Lipinski definition) is 1. The number of aryl methyl sites for hydroxylation is 1. The zero-order valence-electron chi connectivity index (χ0n) is 16.9. The molecule has 0 aliphatic carbocycles. The van der Waals surface area contributed by atoms with Crippen LogP contribution in [-0.2, 0) is 9.53 Å². The number of carbonyl (C=O) groups excluding carboxylic acids is 4. The zero-order chi connectivity index (χ0) is 22.8. The highest BCUT2D eigenvalue weighted by molar-refractivity contribution is 9.10.